The number of hydrogen-bond donors (Lipinski definition) is 0. The summed E-state index contributed by atoms with van der Waals surface area (Å²) in [5.74, 6) is 0.944. The Morgan fingerprint density at radius 1 is 1.36 bits per heavy atom. The topological polar surface area (TPSA) is 49.6 Å². The normalized spacial score (nSPS) is 9.86. The lowest BCUT2D eigenvalue weighted by Gasteiger charge is -2.05. The van der Waals surface area contributed by atoms with Crippen LogP contribution in [0.25, 0.3) is 0 Å². The first-order valence-electron chi connectivity index (χ1n) is 4.23. The van der Waals surface area contributed by atoms with Crippen molar-refractivity contribution in [3.63, 3.8) is 0 Å². The fraction of sp³-hybridized carbons (Fsp3) is 0.444. The van der Waals surface area contributed by atoms with Crippen molar-refractivity contribution in [3.8, 4) is 5.40 Å². The second kappa shape index (κ2) is 5.23. The average molecular weight is 225 g/mol. The summed E-state index contributed by atoms with van der Waals surface area (Å²) >= 11 is 2.69. The molecule has 1 rings (SSSR count). The number of rotatable bonds is 3. The van der Waals surface area contributed by atoms with Gasteiger partial charge in [-0.05, 0) is 19.6 Å². The molecular weight excluding hydrogens is 214 g/mol. The van der Waals surface area contributed by atoms with E-state index in [9.17, 15) is 0 Å². The minimum Gasteiger partial charge on any atom is -0.228 e. The van der Waals surface area contributed by atoms with Crippen molar-refractivity contribution in [1.29, 1.82) is 5.26 Å². The van der Waals surface area contributed by atoms with Gasteiger partial charge in [0.05, 0.1) is 0 Å². The highest BCUT2D eigenvalue weighted by atomic mass is 32.2. The Hall–Kier alpha value is -0.730. The van der Waals surface area contributed by atoms with Gasteiger partial charge in [0, 0.05) is 23.0 Å². The molecule has 0 aliphatic carbocycles. The fourth-order valence-electron chi connectivity index (χ4n) is 0.914. The van der Waals surface area contributed by atoms with Gasteiger partial charge < -0.3 is 0 Å². The molecule has 0 radical (unpaired) electrons. The van der Waals surface area contributed by atoms with Crippen LogP contribution in [0.1, 0.15) is 18.2 Å². The third kappa shape index (κ3) is 2.63. The van der Waals surface area contributed by atoms with E-state index in [2.05, 4.69) is 16.9 Å². The molecule has 1 heterocycles. The molecule has 1 aromatic heterocycles. The highest BCUT2D eigenvalue weighted by Gasteiger charge is 2.08. The third-order valence-electron chi connectivity index (χ3n) is 1.74. The highest BCUT2D eigenvalue weighted by Crippen LogP contribution is 2.24. The van der Waals surface area contributed by atoms with Crippen LogP contribution >= 0.6 is 23.5 Å². The van der Waals surface area contributed by atoms with Crippen LogP contribution in [-0.2, 0) is 0 Å². The maximum absolute atomic E-state index is 8.60. The van der Waals surface area contributed by atoms with Crippen LogP contribution in [0.4, 0.5) is 0 Å². The Morgan fingerprint density at radius 2 is 2.07 bits per heavy atom. The molecule has 1 aromatic rings. The Labute approximate surface area is 92.3 Å². The van der Waals surface area contributed by atoms with Crippen molar-refractivity contribution >= 4 is 23.5 Å². The van der Waals surface area contributed by atoms with Crippen molar-refractivity contribution in [2.75, 3.05) is 5.75 Å². The molecule has 0 saturated carbocycles. The van der Waals surface area contributed by atoms with Crippen LogP contribution in [0.15, 0.2) is 10.2 Å². The number of thioether (sulfide) groups is 2. The van der Waals surface area contributed by atoms with Crippen molar-refractivity contribution in [2.24, 2.45) is 0 Å². The van der Waals surface area contributed by atoms with E-state index in [-0.39, 0.29) is 0 Å². The Morgan fingerprint density at radius 3 is 2.64 bits per heavy atom. The maximum atomic E-state index is 8.60. The van der Waals surface area contributed by atoms with Gasteiger partial charge >= 0.3 is 0 Å². The molecule has 0 aromatic carbocycles. The molecule has 0 bridgehead atoms. The molecule has 14 heavy (non-hydrogen) atoms. The van der Waals surface area contributed by atoms with Gasteiger partial charge in [-0.3, -0.25) is 0 Å². The van der Waals surface area contributed by atoms with Crippen LogP contribution in [0, 0.1) is 24.5 Å². The van der Waals surface area contributed by atoms with E-state index in [0.29, 0.717) is 0 Å². The molecule has 0 saturated heterocycles. The van der Waals surface area contributed by atoms with Crippen molar-refractivity contribution in [2.45, 2.75) is 31.0 Å². The lowest BCUT2D eigenvalue weighted by atomic mass is 10.3. The zero-order valence-electron chi connectivity index (χ0n) is 8.37. The minimum absolute atomic E-state index is 0.758. The van der Waals surface area contributed by atoms with E-state index in [1.54, 1.807) is 11.8 Å². The average Bonchev–Trinajstić information content (AvgIpc) is 2.14. The summed E-state index contributed by atoms with van der Waals surface area (Å²) in [6.45, 7) is 5.94. The number of nitriles is 1. The molecule has 0 aliphatic rings. The van der Waals surface area contributed by atoms with Crippen molar-refractivity contribution < 1.29 is 0 Å². The van der Waals surface area contributed by atoms with Gasteiger partial charge in [0.2, 0.25) is 0 Å². The van der Waals surface area contributed by atoms with E-state index < -0.39 is 0 Å². The van der Waals surface area contributed by atoms with Crippen LogP contribution in [0.5, 0.6) is 0 Å². The first-order valence-corrected chi connectivity index (χ1v) is 6.03. The van der Waals surface area contributed by atoms with Gasteiger partial charge in [0.1, 0.15) is 10.4 Å². The zero-order valence-corrected chi connectivity index (χ0v) is 10.00. The highest BCUT2D eigenvalue weighted by molar-refractivity contribution is 8.03. The number of hydrogen-bond acceptors (Lipinski definition) is 5. The quantitative estimate of drug-likeness (QED) is 0.342. The van der Waals surface area contributed by atoms with Gasteiger partial charge in [-0.15, -0.1) is 0 Å². The maximum Gasteiger partial charge on any atom is 0.188 e. The smallest absolute Gasteiger partial charge is 0.188 e. The number of thiocyanates is 1. The summed E-state index contributed by atoms with van der Waals surface area (Å²) in [7, 11) is 0. The number of aromatic nitrogens is 2. The summed E-state index contributed by atoms with van der Waals surface area (Å²) in [6, 6.07) is 0. The van der Waals surface area contributed by atoms with Crippen molar-refractivity contribution in [3.05, 3.63) is 11.3 Å². The summed E-state index contributed by atoms with van der Waals surface area (Å²) in [6.07, 6.45) is 0. The summed E-state index contributed by atoms with van der Waals surface area (Å²) < 4.78 is 0. The molecule has 0 atom stereocenters. The molecule has 0 amide bonds. The van der Waals surface area contributed by atoms with E-state index in [1.807, 2.05) is 19.2 Å². The molecular formula is C9H11N3S2. The first kappa shape index (κ1) is 11.3. The molecule has 0 spiro atoms. The number of nitrogens with zero attached hydrogens (tertiary/aromatic N) is 3. The fourth-order valence-corrected chi connectivity index (χ4v) is 2.11. The van der Waals surface area contributed by atoms with Gasteiger partial charge in [0.15, 0.2) is 5.16 Å². The molecule has 3 nitrogen and oxygen atoms in total. The molecule has 0 N–H and O–H groups in total. The Bertz CT molecular complexity index is 371. The summed E-state index contributed by atoms with van der Waals surface area (Å²) in [5, 5.41) is 12.2. The van der Waals surface area contributed by atoms with Gasteiger partial charge in [-0.25, -0.2) is 9.97 Å². The van der Waals surface area contributed by atoms with Crippen LogP contribution in [0.3, 0.4) is 0 Å². The summed E-state index contributed by atoms with van der Waals surface area (Å²) in [5.41, 5.74) is 1.95. The van der Waals surface area contributed by atoms with E-state index >= 15 is 0 Å². The van der Waals surface area contributed by atoms with E-state index in [1.165, 1.54) is 0 Å². The van der Waals surface area contributed by atoms with E-state index in [4.69, 9.17) is 5.26 Å². The molecule has 0 aliphatic heterocycles. The minimum atomic E-state index is 0.758. The monoisotopic (exact) mass is 225 g/mol. The van der Waals surface area contributed by atoms with E-state index in [0.717, 1.165) is 39.0 Å². The van der Waals surface area contributed by atoms with Gasteiger partial charge in [0.25, 0.3) is 0 Å². The molecule has 0 unspecified atom stereocenters. The lowest BCUT2D eigenvalue weighted by molar-refractivity contribution is 0.842. The number of aryl methyl sites for hydroxylation is 1. The zero-order chi connectivity index (χ0) is 10.6. The third-order valence-corrected chi connectivity index (χ3v) is 3.15. The first-order chi connectivity index (χ1) is 6.69. The van der Waals surface area contributed by atoms with Crippen molar-refractivity contribution in [1.82, 2.24) is 9.97 Å². The molecule has 5 heteroatoms. The Kier molecular flexibility index (Phi) is 4.23. The van der Waals surface area contributed by atoms with Crippen LogP contribution in [-0.4, -0.2) is 15.7 Å². The second-order valence-electron chi connectivity index (χ2n) is 2.65. The van der Waals surface area contributed by atoms with Gasteiger partial charge in [-0.2, -0.15) is 5.26 Å². The lowest BCUT2D eigenvalue weighted by Crippen LogP contribution is -1.97. The standard InChI is InChI=1S/C9H11N3S2/c1-4-13-9-11-7(3)6(2)8(12-9)14-5-10/h4H2,1-3H3. The predicted octanol–water partition coefficient (Wildman–Crippen LogP) is 2.78. The van der Waals surface area contributed by atoms with Crippen LogP contribution < -0.4 is 0 Å². The largest absolute Gasteiger partial charge is 0.228 e. The SMILES string of the molecule is CCSc1nc(C)c(C)c(SC#N)n1. The molecule has 74 valence electrons. The Balaban J connectivity index is 3.08. The second-order valence-corrected chi connectivity index (χ2v) is 4.65. The summed E-state index contributed by atoms with van der Waals surface area (Å²) in [4.78, 5) is 8.64. The van der Waals surface area contributed by atoms with Crippen LogP contribution in [0.2, 0.25) is 0 Å². The molecule has 0 fully saturated rings. The predicted molar refractivity (Wildman–Crippen MR) is 59.4 cm³/mol. The van der Waals surface area contributed by atoms with Gasteiger partial charge in [-0.1, -0.05) is 18.7 Å².